The Morgan fingerprint density at radius 1 is 1.50 bits per heavy atom. The maximum atomic E-state index is 8.73. The van der Waals surface area contributed by atoms with Crippen molar-refractivity contribution in [2.24, 2.45) is 0 Å². The zero-order valence-corrected chi connectivity index (χ0v) is 7.01. The van der Waals surface area contributed by atoms with Crippen LogP contribution in [0.3, 0.4) is 0 Å². The number of hydrogen-bond donors (Lipinski definition) is 3. The van der Waals surface area contributed by atoms with Crippen LogP contribution in [0.2, 0.25) is 0 Å². The molecule has 1 heterocycles. The SMILES string of the molecule is Nc1nc2ccc([NH2+]O)cc2s1. The van der Waals surface area contributed by atoms with Crippen LogP contribution in [0.5, 0.6) is 0 Å². The quantitative estimate of drug-likeness (QED) is 0.443. The Bertz CT molecular complexity index is 412. The van der Waals surface area contributed by atoms with E-state index >= 15 is 0 Å². The van der Waals surface area contributed by atoms with E-state index in [0.717, 1.165) is 21.4 Å². The number of aromatic nitrogens is 1. The highest BCUT2D eigenvalue weighted by Crippen LogP contribution is 2.24. The molecule has 12 heavy (non-hydrogen) atoms. The van der Waals surface area contributed by atoms with E-state index in [1.165, 1.54) is 11.3 Å². The van der Waals surface area contributed by atoms with Crippen LogP contribution in [-0.4, -0.2) is 10.2 Å². The minimum absolute atomic E-state index is 0.556. The molecule has 0 bridgehead atoms. The molecule has 0 atom stereocenters. The minimum atomic E-state index is 0.556. The van der Waals surface area contributed by atoms with E-state index in [9.17, 15) is 0 Å². The summed E-state index contributed by atoms with van der Waals surface area (Å²) in [6.07, 6.45) is 0. The summed E-state index contributed by atoms with van der Waals surface area (Å²) in [6.45, 7) is 0. The highest BCUT2D eigenvalue weighted by Gasteiger charge is 2.02. The van der Waals surface area contributed by atoms with E-state index in [0.29, 0.717) is 5.13 Å². The van der Waals surface area contributed by atoms with Crippen LogP contribution in [0.15, 0.2) is 18.2 Å². The third-order valence-electron chi connectivity index (χ3n) is 1.58. The summed E-state index contributed by atoms with van der Waals surface area (Å²) in [5, 5.41) is 9.29. The predicted molar refractivity (Wildman–Crippen MR) is 47.4 cm³/mol. The monoisotopic (exact) mass is 182 g/mol. The van der Waals surface area contributed by atoms with Gasteiger partial charge in [-0.15, -0.1) is 0 Å². The topological polar surface area (TPSA) is 75.8 Å². The van der Waals surface area contributed by atoms with Crippen LogP contribution in [0.4, 0.5) is 10.8 Å². The van der Waals surface area contributed by atoms with Gasteiger partial charge in [-0.25, -0.2) is 10.2 Å². The Labute approximate surface area is 72.6 Å². The van der Waals surface area contributed by atoms with Gasteiger partial charge in [-0.1, -0.05) is 11.3 Å². The van der Waals surface area contributed by atoms with Gasteiger partial charge in [-0.2, -0.15) is 5.48 Å². The molecule has 0 aliphatic carbocycles. The smallest absolute Gasteiger partial charge is 0.181 e. The lowest BCUT2D eigenvalue weighted by Crippen LogP contribution is -2.73. The standard InChI is InChI=1S/C7H7N3OS/c8-7-9-5-2-1-4(10-11)3-6(5)12-7/h1-3,10-11H,(H2,8,9)/p+1. The zero-order chi connectivity index (χ0) is 8.55. The molecular weight excluding hydrogens is 174 g/mol. The molecule has 0 saturated heterocycles. The van der Waals surface area contributed by atoms with Crippen molar-refractivity contribution < 1.29 is 10.7 Å². The largest absolute Gasteiger partial charge is 0.375 e. The van der Waals surface area contributed by atoms with Gasteiger partial charge >= 0.3 is 0 Å². The number of benzene rings is 1. The minimum Gasteiger partial charge on any atom is -0.375 e. The van der Waals surface area contributed by atoms with Crippen LogP contribution in [0, 0.1) is 0 Å². The third-order valence-corrected chi connectivity index (χ3v) is 2.43. The van der Waals surface area contributed by atoms with Crippen LogP contribution in [-0.2, 0) is 0 Å². The molecule has 4 nitrogen and oxygen atoms in total. The highest BCUT2D eigenvalue weighted by molar-refractivity contribution is 7.22. The lowest BCUT2D eigenvalue weighted by molar-refractivity contribution is -0.825. The molecule has 1 aromatic carbocycles. The number of thiazole rings is 1. The molecule has 5 heteroatoms. The Morgan fingerprint density at radius 2 is 2.33 bits per heavy atom. The first-order chi connectivity index (χ1) is 5.79. The molecule has 0 saturated carbocycles. The van der Waals surface area contributed by atoms with Gasteiger partial charge in [-0.3, -0.25) is 0 Å². The molecular formula is C7H8N3OS+. The molecule has 0 amide bonds. The molecule has 2 aromatic rings. The summed E-state index contributed by atoms with van der Waals surface area (Å²) < 4.78 is 0.996. The number of quaternary nitrogens is 1. The predicted octanol–water partition coefficient (Wildman–Crippen LogP) is 0.463. The number of anilines is 1. The summed E-state index contributed by atoms with van der Waals surface area (Å²) in [5.41, 5.74) is 8.23. The van der Waals surface area contributed by atoms with Gasteiger partial charge in [-0.05, 0) is 6.07 Å². The fourth-order valence-corrected chi connectivity index (χ4v) is 1.82. The Morgan fingerprint density at radius 3 is 3.08 bits per heavy atom. The Kier molecular flexibility index (Phi) is 1.69. The van der Waals surface area contributed by atoms with Crippen LogP contribution >= 0.6 is 11.3 Å². The van der Waals surface area contributed by atoms with Gasteiger partial charge in [0.25, 0.3) is 0 Å². The van der Waals surface area contributed by atoms with Crippen molar-refractivity contribution in [1.29, 1.82) is 0 Å². The number of nitrogen functional groups attached to an aromatic ring is 1. The number of rotatable bonds is 1. The van der Waals surface area contributed by atoms with E-state index in [1.807, 2.05) is 12.1 Å². The maximum absolute atomic E-state index is 8.73. The summed E-state index contributed by atoms with van der Waals surface area (Å²) >= 11 is 1.42. The molecule has 0 spiro atoms. The van der Waals surface area contributed by atoms with Crippen molar-refractivity contribution in [2.75, 3.05) is 5.73 Å². The van der Waals surface area contributed by atoms with Crippen molar-refractivity contribution >= 4 is 32.4 Å². The van der Waals surface area contributed by atoms with Crippen molar-refractivity contribution in [3.8, 4) is 0 Å². The normalized spacial score (nSPS) is 10.8. The first-order valence-corrected chi connectivity index (χ1v) is 4.25. The van der Waals surface area contributed by atoms with E-state index < -0.39 is 0 Å². The maximum Gasteiger partial charge on any atom is 0.181 e. The lowest BCUT2D eigenvalue weighted by atomic mass is 10.3. The second-order valence-electron chi connectivity index (χ2n) is 2.41. The first-order valence-electron chi connectivity index (χ1n) is 3.43. The van der Waals surface area contributed by atoms with Crippen LogP contribution in [0.25, 0.3) is 10.2 Å². The lowest BCUT2D eigenvalue weighted by Gasteiger charge is -1.89. The van der Waals surface area contributed by atoms with Gasteiger partial charge in [0.2, 0.25) is 0 Å². The van der Waals surface area contributed by atoms with Gasteiger partial charge in [0, 0.05) is 12.1 Å². The summed E-state index contributed by atoms with van der Waals surface area (Å²) in [4.78, 5) is 4.09. The van der Waals surface area contributed by atoms with E-state index in [2.05, 4.69) is 4.98 Å². The van der Waals surface area contributed by atoms with Crippen LogP contribution < -0.4 is 11.2 Å². The summed E-state index contributed by atoms with van der Waals surface area (Å²) in [5.74, 6) is 0. The molecule has 62 valence electrons. The zero-order valence-electron chi connectivity index (χ0n) is 6.19. The molecule has 0 radical (unpaired) electrons. The second kappa shape index (κ2) is 2.71. The van der Waals surface area contributed by atoms with E-state index in [1.54, 1.807) is 6.07 Å². The number of fused-ring (bicyclic) bond motifs is 1. The highest BCUT2D eigenvalue weighted by atomic mass is 32.1. The van der Waals surface area contributed by atoms with Gasteiger partial charge in [0.05, 0.1) is 10.2 Å². The van der Waals surface area contributed by atoms with Gasteiger partial charge in [0.15, 0.2) is 10.8 Å². The Balaban J connectivity index is 2.66. The molecule has 1 aromatic heterocycles. The average Bonchev–Trinajstić information content (AvgIpc) is 2.43. The molecule has 0 fully saturated rings. The van der Waals surface area contributed by atoms with Gasteiger partial charge < -0.3 is 5.73 Å². The number of nitrogens with two attached hydrogens (primary N) is 2. The fraction of sp³-hybridized carbons (Fsp3) is 0. The van der Waals surface area contributed by atoms with Crippen molar-refractivity contribution in [1.82, 2.24) is 4.98 Å². The fourth-order valence-electron chi connectivity index (χ4n) is 1.04. The van der Waals surface area contributed by atoms with E-state index in [-0.39, 0.29) is 0 Å². The summed E-state index contributed by atoms with van der Waals surface area (Å²) in [6, 6.07) is 5.48. The van der Waals surface area contributed by atoms with Crippen molar-refractivity contribution in [2.45, 2.75) is 0 Å². The number of nitrogens with zero attached hydrogens (tertiary/aromatic N) is 1. The molecule has 0 unspecified atom stereocenters. The average molecular weight is 182 g/mol. The number of hydrogen-bond acceptors (Lipinski definition) is 4. The molecule has 5 N–H and O–H groups in total. The first kappa shape index (κ1) is 7.48. The summed E-state index contributed by atoms with van der Waals surface area (Å²) in [7, 11) is 0. The second-order valence-corrected chi connectivity index (χ2v) is 3.47. The van der Waals surface area contributed by atoms with Crippen LogP contribution in [0.1, 0.15) is 0 Å². The molecule has 0 aliphatic rings. The van der Waals surface area contributed by atoms with Crippen molar-refractivity contribution in [3.05, 3.63) is 18.2 Å². The third kappa shape index (κ3) is 1.14. The van der Waals surface area contributed by atoms with Gasteiger partial charge in [0.1, 0.15) is 0 Å². The van der Waals surface area contributed by atoms with E-state index in [4.69, 9.17) is 10.9 Å². The molecule has 0 aliphatic heterocycles. The Hall–Kier alpha value is -1.17. The van der Waals surface area contributed by atoms with Crippen molar-refractivity contribution in [3.63, 3.8) is 0 Å². The molecule has 2 rings (SSSR count).